The van der Waals surface area contributed by atoms with Crippen LogP contribution in [0.1, 0.15) is 26.3 Å². The molecule has 0 bridgehead atoms. The number of hydrogen-bond donors (Lipinski definition) is 3. The van der Waals surface area contributed by atoms with Gasteiger partial charge in [0.2, 0.25) is 0 Å². The van der Waals surface area contributed by atoms with E-state index in [1.54, 1.807) is 0 Å². The average molecular weight is 529 g/mol. The molecule has 182 valence electrons. The van der Waals surface area contributed by atoms with Crippen molar-refractivity contribution in [3.63, 3.8) is 0 Å². The summed E-state index contributed by atoms with van der Waals surface area (Å²) in [6.45, 7) is 10.6. The number of aliphatic hydroxyl groups excluding tert-OH is 2. The summed E-state index contributed by atoms with van der Waals surface area (Å²) < 4.78 is 15.7. The van der Waals surface area contributed by atoms with Crippen molar-refractivity contribution < 1.29 is 28.9 Å². The predicted octanol–water partition coefficient (Wildman–Crippen LogP) is 3.53. The maximum atomic E-state index is 12.3. The highest BCUT2D eigenvalue weighted by atomic mass is 35.6. The zero-order valence-electron chi connectivity index (χ0n) is 18.8. The molecule has 3 N–H and O–H groups in total. The molecule has 0 aromatic heterocycles. The summed E-state index contributed by atoms with van der Waals surface area (Å²) in [4.78, 5) is 12.3. The fourth-order valence-corrected chi connectivity index (χ4v) is 4.06. The van der Waals surface area contributed by atoms with Gasteiger partial charge in [-0.2, -0.15) is 0 Å². The monoisotopic (exact) mass is 527 g/mol. The summed E-state index contributed by atoms with van der Waals surface area (Å²) in [6.07, 6.45) is -4.86. The van der Waals surface area contributed by atoms with Crippen LogP contribution in [0, 0.1) is 0 Å². The largest absolute Gasteiger partial charge is 0.414 e. The number of halogens is 3. The first-order valence-electron chi connectivity index (χ1n) is 10.3. The van der Waals surface area contributed by atoms with Gasteiger partial charge in [0, 0.05) is 0 Å². The van der Waals surface area contributed by atoms with Gasteiger partial charge >= 0.3 is 0 Å². The molecule has 0 saturated carbocycles. The van der Waals surface area contributed by atoms with Crippen molar-refractivity contribution in [1.29, 1.82) is 0 Å². The highest BCUT2D eigenvalue weighted by molar-refractivity contribution is 6.76. The summed E-state index contributed by atoms with van der Waals surface area (Å²) in [7, 11) is -2.18. The van der Waals surface area contributed by atoms with Crippen molar-refractivity contribution >= 4 is 49.0 Å². The topological polar surface area (TPSA) is 97.2 Å². The van der Waals surface area contributed by atoms with Gasteiger partial charge in [-0.1, -0.05) is 85.9 Å². The van der Waals surface area contributed by atoms with E-state index in [0.717, 1.165) is 5.56 Å². The average Bonchev–Trinajstić information content (AvgIpc) is 2.69. The Labute approximate surface area is 205 Å². The second-order valence-electron chi connectivity index (χ2n) is 9.39. The van der Waals surface area contributed by atoms with E-state index in [1.807, 2.05) is 30.3 Å². The van der Waals surface area contributed by atoms with Gasteiger partial charge in [-0.3, -0.25) is 4.79 Å². The van der Waals surface area contributed by atoms with Crippen LogP contribution in [-0.4, -0.2) is 65.5 Å². The summed E-state index contributed by atoms with van der Waals surface area (Å²) in [6, 6.07) is 8.27. The second kappa shape index (κ2) is 10.9. The molecule has 7 nitrogen and oxygen atoms in total. The molecule has 0 unspecified atom stereocenters. The molecule has 0 aliphatic carbocycles. The van der Waals surface area contributed by atoms with Gasteiger partial charge in [0.1, 0.15) is 18.3 Å². The Balaban J connectivity index is 2.19. The molecule has 5 atom stereocenters. The molecule has 2 rings (SSSR count). The van der Waals surface area contributed by atoms with Crippen LogP contribution in [0.4, 0.5) is 0 Å². The fourth-order valence-electron chi connectivity index (χ4n) is 2.88. The Morgan fingerprint density at radius 1 is 1.12 bits per heavy atom. The number of alkyl halides is 3. The highest BCUT2D eigenvalue weighted by Gasteiger charge is 2.48. The van der Waals surface area contributed by atoms with Crippen LogP contribution >= 0.6 is 34.8 Å². The van der Waals surface area contributed by atoms with Gasteiger partial charge in [0.05, 0.1) is 19.3 Å². The number of amides is 1. The summed E-state index contributed by atoms with van der Waals surface area (Å²) in [5.74, 6) is -0.941. The molecule has 1 aromatic rings. The Morgan fingerprint density at radius 2 is 1.72 bits per heavy atom. The Hall–Kier alpha value is -0.423. The number of aliphatic hydroxyl groups is 2. The van der Waals surface area contributed by atoms with Crippen LogP contribution in [0.25, 0.3) is 0 Å². The minimum absolute atomic E-state index is 0.0519. The Bertz CT molecular complexity index is 756. The summed E-state index contributed by atoms with van der Waals surface area (Å²) in [5, 5.41) is 23.8. The van der Waals surface area contributed by atoms with Crippen molar-refractivity contribution in [2.24, 2.45) is 0 Å². The van der Waals surface area contributed by atoms with E-state index in [-0.39, 0.29) is 18.3 Å². The number of benzene rings is 1. The maximum Gasteiger partial charge on any atom is 0.272 e. The molecule has 1 heterocycles. The second-order valence-corrected chi connectivity index (χ2v) is 16.5. The van der Waals surface area contributed by atoms with E-state index in [9.17, 15) is 15.0 Å². The lowest BCUT2D eigenvalue weighted by molar-refractivity contribution is -0.282. The first-order valence-corrected chi connectivity index (χ1v) is 14.4. The summed E-state index contributed by atoms with van der Waals surface area (Å²) in [5.41, 5.74) is 0.874. The zero-order valence-corrected chi connectivity index (χ0v) is 22.1. The first kappa shape index (κ1) is 27.8. The lowest BCUT2D eigenvalue weighted by atomic mass is 9.96. The Kier molecular flexibility index (Phi) is 9.46. The van der Waals surface area contributed by atoms with Crippen molar-refractivity contribution in [3.8, 4) is 0 Å². The van der Waals surface area contributed by atoms with E-state index in [4.69, 9.17) is 48.7 Å². The molecule has 32 heavy (non-hydrogen) atoms. The van der Waals surface area contributed by atoms with Gasteiger partial charge in [-0.15, -0.1) is 0 Å². The van der Waals surface area contributed by atoms with Crippen molar-refractivity contribution in [3.05, 3.63) is 35.9 Å². The lowest BCUT2D eigenvalue weighted by Crippen LogP contribution is -2.66. The van der Waals surface area contributed by atoms with Gasteiger partial charge < -0.3 is 29.4 Å². The van der Waals surface area contributed by atoms with Crippen LogP contribution in [0.15, 0.2) is 30.3 Å². The number of carbonyl (C=O) groups excluding carboxylic acids is 1. The number of nitrogens with one attached hydrogen (secondary N) is 1. The van der Waals surface area contributed by atoms with E-state index < -0.39 is 48.7 Å². The molecule has 1 saturated heterocycles. The van der Waals surface area contributed by atoms with Crippen LogP contribution < -0.4 is 5.32 Å². The lowest BCUT2D eigenvalue weighted by Gasteiger charge is -2.44. The molecule has 1 amide bonds. The highest BCUT2D eigenvalue weighted by Crippen LogP contribution is 2.37. The number of carbonyl (C=O) groups is 1. The third kappa shape index (κ3) is 7.29. The molecule has 1 aliphatic heterocycles. The van der Waals surface area contributed by atoms with Crippen LogP contribution in [0.2, 0.25) is 18.1 Å². The molecule has 11 heteroatoms. The number of ether oxygens (including phenoxy) is 2. The molecule has 0 spiro atoms. The number of rotatable bonds is 7. The third-order valence-corrected chi connectivity index (χ3v) is 10.9. The first-order chi connectivity index (χ1) is 14.6. The molecular weight excluding hydrogens is 497 g/mol. The maximum absolute atomic E-state index is 12.3. The van der Waals surface area contributed by atoms with Gasteiger partial charge in [0.25, 0.3) is 9.70 Å². The Morgan fingerprint density at radius 3 is 2.25 bits per heavy atom. The van der Waals surface area contributed by atoms with Crippen LogP contribution in [-0.2, 0) is 25.3 Å². The predicted molar refractivity (Wildman–Crippen MR) is 127 cm³/mol. The SMILES string of the molecule is CC(C)(C)[Si](C)(C)OC[C@H]1O[C@H](OCc2ccccc2)[C@@H](O)[C@@H](O)[C@H]1NC(=O)C(Cl)(Cl)Cl. The molecule has 1 aliphatic rings. The standard InChI is InChI=1S/C21H32Cl3NO6Si/c1-20(2,3)32(4,5)30-12-14-15(25-19(28)21(22,23)24)16(26)17(27)18(31-14)29-11-13-9-7-6-8-10-13/h6-10,14-18,26-27H,11-12H2,1-5H3,(H,25,28)/t14-,15+,16+,17+,18+/m1/s1. The van der Waals surface area contributed by atoms with Crippen molar-refractivity contribution in [1.82, 2.24) is 5.32 Å². The normalized spacial score (nSPS) is 27.2. The van der Waals surface area contributed by atoms with E-state index in [0.29, 0.717) is 0 Å². The quantitative estimate of drug-likeness (QED) is 0.370. The van der Waals surface area contributed by atoms with Crippen molar-refractivity contribution in [2.45, 2.75) is 79.9 Å². The third-order valence-electron chi connectivity index (χ3n) is 5.93. The van der Waals surface area contributed by atoms with Crippen LogP contribution in [0.3, 0.4) is 0 Å². The summed E-state index contributed by atoms with van der Waals surface area (Å²) >= 11 is 17.0. The molecule has 1 fully saturated rings. The van der Waals surface area contributed by atoms with Gasteiger partial charge in [-0.25, -0.2) is 0 Å². The molecular formula is C21H32Cl3NO6Si. The fraction of sp³-hybridized carbons (Fsp3) is 0.667. The number of hydrogen-bond acceptors (Lipinski definition) is 6. The minimum Gasteiger partial charge on any atom is -0.414 e. The van der Waals surface area contributed by atoms with Gasteiger partial charge in [0.15, 0.2) is 14.6 Å². The van der Waals surface area contributed by atoms with E-state index >= 15 is 0 Å². The van der Waals surface area contributed by atoms with E-state index in [2.05, 4.69) is 39.2 Å². The zero-order chi connectivity index (χ0) is 24.3. The van der Waals surface area contributed by atoms with Gasteiger partial charge in [-0.05, 0) is 23.7 Å². The van der Waals surface area contributed by atoms with Crippen molar-refractivity contribution in [2.75, 3.05) is 6.61 Å². The minimum atomic E-state index is -2.24. The smallest absolute Gasteiger partial charge is 0.272 e. The molecule has 0 radical (unpaired) electrons. The van der Waals surface area contributed by atoms with Crippen LogP contribution in [0.5, 0.6) is 0 Å². The molecule has 1 aromatic carbocycles. The van der Waals surface area contributed by atoms with E-state index in [1.165, 1.54) is 0 Å².